The molecule has 150 valence electrons. The maximum absolute atomic E-state index is 12.5. The molecule has 4 heteroatoms. The summed E-state index contributed by atoms with van der Waals surface area (Å²) in [5.74, 6) is 2.51. The van der Waals surface area contributed by atoms with Crippen molar-refractivity contribution in [3.63, 3.8) is 0 Å². The van der Waals surface area contributed by atoms with Crippen molar-refractivity contribution in [2.45, 2.75) is 51.4 Å². The molecule has 4 atom stereocenters. The molecule has 2 fully saturated rings. The molecule has 0 radical (unpaired) electrons. The van der Waals surface area contributed by atoms with Gasteiger partial charge in [-0.15, -0.1) is 0 Å². The number of hydrogen-bond acceptors (Lipinski definition) is 3. The maximum Gasteiger partial charge on any atom is 0.343 e. The van der Waals surface area contributed by atoms with Gasteiger partial charge in [-0.25, -0.2) is 4.79 Å². The van der Waals surface area contributed by atoms with Crippen molar-refractivity contribution in [3.8, 4) is 5.75 Å². The number of hydrogen-bond donors (Lipinski definition) is 0. The van der Waals surface area contributed by atoms with Crippen LogP contribution in [0, 0.1) is 20.8 Å². The first kappa shape index (κ1) is 19.3. The summed E-state index contributed by atoms with van der Waals surface area (Å²) in [5.41, 5.74) is 3.21. The number of rotatable bonds is 2. The summed E-state index contributed by atoms with van der Waals surface area (Å²) in [4.78, 5) is 24.9. The first-order chi connectivity index (χ1) is 14.0. The van der Waals surface area contributed by atoms with Crippen LogP contribution in [0.25, 0.3) is 0 Å². The van der Waals surface area contributed by atoms with Crippen LogP contribution in [0.3, 0.4) is 0 Å². The van der Waals surface area contributed by atoms with Crippen molar-refractivity contribution >= 4 is 34.3 Å². The van der Waals surface area contributed by atoms with Gasteiger partial charge in [-0.1, -0.05) is 13.0 Å². The Bertz CT molecular complexity index is 980. The lowest BCUT2D eigenvalue weighted by molar-refractivity contribution is -0.129. The van der Waals surface area contributed by atoms with Crippen molar-refractivity contribution in [1.82, 2.24) is 0 Å². The van der Waals surface area contributed by atoms with E-state index in [4.69, 9.17) is 4.74 Å². The molecule has 3 aliphatic carbocycles. The number of Topliss-reactive ketones (excluding diaryl/α,β-unsaturated/α-hetero) is 1. The molecule has 0 saturated heterocycles. The smallest absolute Gasteiger partial charge is 0.343 e. The van der Waals surface area contributed by atoms with Gasteiger partial charge in [0, 0.05) is 15.4 Å². The summed E-state index contributed by atoms with van der Waals surface area (Å²) in [6.07, 6.45) is 6.09. The van der Waals surface area contributed by atoms with Crippen molar-refractivity contribution in [2.24, 2.45) is 17.3 Å². The normalized spacial score (nSPS) is 30.3. The molecule has 2 aromatic rings. The Morgan fingerprint density at radius 1 is 1.07 bits per heavy atom. The quantitative estimate of drug-likeness (QED) is 0.292. The maximum atomic E-state index is 12.5. The SMILES string of the molecule is C[C@]12CC[C@@H]3c4ccc(OC(=O)c5ccc(I)cc5)cc4CC[C@H]3[C@@H]1CCC2=O. The number of esters is 1. The minimum atomic E-state index is -0.312. The number of ether oxygens (including phenoxy) is 1. The third kappa shape index (κ3) is 3.24. The summed E-state index contributed by atoms with van der Waals surface area (Å²) in [7, 11) is 0. The van der Waals surface area contributed by atoms with Crippen molar-refractivity contribution in [3.05, 3.63) is 62.7 Å². The lowest BCUT2D eigenvalue weighted by Gasteiger charge is -2.48. The van der Waals surface area contributed by atoms with E-state index in [2.05, 4.69) is 41.6 Å². The Kier molecular flexibility index (Phi) is 4.80. The van der Waals surface area contributed by atoms with E-state index in [0.29, 0.717) is 34.8 Å². The van der Waals surface area contributed by atoms with E-state index in [1.165, 1.54) is 11.1 Å². The summed E-state index contributed by atoms with van der Waals surface area (Å²) in [6.45, 7) is 2.21. The average Bonchev–Trinajstić information content (AvgIpc) is 3.03. The van der Waals surface area contributed by atoms with Crippen LogP contribution in [-0.4, -0.2) is 11.8 Å². The first-order valence-corrected chi connectivity index (χ1v) is 11.7. The molecule has 5 rings (SSSR count). The van der Waals surface area contributed by atoms with Gasteiger partial charge in [0.2, 0.25) is 0 Å². The van der Waals surface area contributed by atoms with E-state index in [0.717, 1.165) is 42.1 Å². The fourth-order valence-corrected chi connectivity index (χ4v) is 6.50. The first-order valence-electron chi connectivity index (χ1n) is 10.6. The van der Waals surface area contributed by atoms with E-state index in [-0.39, 0.29) is 11.4 Å². The van der Waals surface area contributed by atoms with Gasteiger partial charge >= 0.3 is 5.97 Å². The van der Waals surface area contributed by atoms with Gasteiger partial charge in [-0.3, -0.25) is 4.79 Å². The second-order valence-electron chi connectivity index (χ2n) is 9.09. The van der Waals surface area contributed by atoms with Gasteiger partial charge in [-0.2, -0.15) is 0 Å². The van der Waals surface area contributed by atoms with E-state index < -0.39 is 0 Å². The van der Waals surface area contributed by atoms with Crippen LogP contribution < -0.4 is 4.74 Å². The highest BCUT2D eigenvalue weighted by Gasteiger charge is 2.54. The Morgan fingerprint density at radius 2 is 1.86 bits per heavy atom. The number of ketones is 1. The van der Waals surface area contributed by atoms with Gasteiger partial charge in [0.05, 0.1) is 5.56 Å². The van der Waals surface area contributed by atoms with Crippen LogP contribution in [0.2, 0.25) is 0 Å². The van der Waals surface area contributed by atoms with Gasteiger partial charge in [0.25, 0.3) is 0 Å². The second kappa shape index (κ2) is 7.22. The molecule has 2 aromatic carbocycles. The van der Waals surface area contributed by atoms with Crippen molar-refractivity contribution in [2.75, 3.05) is 0 Å². The zero-order chi connectivity index (χ0) is 20.2. The Balaban J connectivity index is 1.36. The molecular weight excluding hydrogens is 475 g/mol. The standard InChI is InChI=1S/C25H25IO3/c1-25-13-12-20-19-9-7-18(29-24(28)15-2-5-17(26)6-3-15)14-16(19)4-8-21(20)22(25)10-11-23(25)27/h2-3,5-7,9,14,20-22H,4,8,10-13H2,1H3/t20-,21-,22+,25+/m1/s1. The monoisotopic (exact) mass is 500 g/mol. The number of fused-ring (bicyclic) bond motifs is 5. The lowest BCUT2D eigenvalue weighted by Crippen LogP contribution is -2.42. The number of carbonyl (C=O) groups excluding carboxylic acids is 2. The molecule has 0 aliphatic heterocycles. The number of aryl methyl sites for hydroxylation is 1. The molecule has 29 heavy (non-hydrogen) atoms. The van der Waals surface area contributed by atoms with Gasteiger partial charge in [0.1, 0.15) is 11.5 Å². The lowest BCUT2D eigenvalue weighted by atomic mass is 9.55. The van der Waals surface area contributed by atoms with Crippen LogP contribution in [0.1, 0.15) is 66.4 Å². The zero-order valence-electron chi connectivity index (χ0n) is 16.6. The number of benzene rings is 2. The molecule has 0 N–H and O–H groups in total. The predicted octanol–water partition coefficient (Wildman–Crippen LogP) is 5.94. The largest absolute Gasteiger partial charge is 0.423 e. The number of carbonyl (C=O) groups is 2. The van der Waals surface area contributed by atoms with Crippen LogP contribution in [0.15, 0.2) is 42.5 Å². The van der Waals surface area contributed by atoms with Gasteiger partial charge in [-0.05, 0) is 120 Å². The minimum Gasteiger partial charge on any atom is -0.423 e. The van der Waals surface area contributed by atoms with Crippen LogP contribution >= 0.6 is 22.6 Å². The molecule has 0 amide bonds. The highest BCUT2D eigenvalue weighted by molar-refractivity contribution is 14.1. The molecule has 0 spiro atoms. The van der Waals surface area contributed by atoms with E-state index in [9.17, 15) is 9.59 Å². The van der Waals surface area contributed by atoms with Crippen LogP contribution in [0.5, 0.6) is 5.75 Å². The third-order valence-corrected chi connectivity index (χ3v) is 8.42. The fourth-order valence-electron chi connectivity index (χ4n) is 6.15. The van der Waals surface area contributed by atoms with Crippen LogP contribution in [0.4, 0.5) is 0 Å². The molecular formula is C25H25IO3. The van der Waals surface area contributed by atoms with Crippen molar-refractivity contribution in [1.29, 1.82) is 0 Å². The minimum absolute atomic E-state index is 0.0817. The Labute approximate surface area is 185 Å². The zero-order valence-corrected chi connectivity index (χ0v) is 18.8. The fraction of sp³-hybridized carbons (Fsp3) is 0.440. The highest BCUT2D eigenvalue weighted by atomic mass is 127. The second-order valence-corrected chi connectivity index (χ2v) is 10.3. The Morgan fingerprint density at radius 3 is 2.66 bits per heavy atom. The molecule has 0 heterocycles. The van der Waals surface area contributed by atoms with Gasteiger partial charge in [0.15, 0.2) is 0 Å². The summed E-state index contributed by atoms with van der Waals surface area (Å²) >= 11 is 2.22. The highest BCUT2D eigenvalue weighted by Crippen LogP contribution is 2.59. The summed E-state index contributed by atoms with van der Waals surface area (Å²) in [6, 6.07) is 13.6. The molecule has 2 saturated carbocycles. The predicted molar refractivity (Wildman–Crippen MR) is 120 cm³/mol. The topological polar surface area (TPSA) is 43.4 Å². The van der Waals surface area contributed by atoms with E-state index >= 15 is 0 Å². The third-order valence-electron chi connectivity index (χ3n) is 7.70. The Hall–Kier alpha value is -1.69. The summed E-state index contributed by atoms with van der Waals surface area (Å²) in [5, 5.41) is 0. The molecule has 3 nitrogen and oxygen atoms in total. The van der Waals surface area contributed by atoms with Crippen molar-refractivity contribution < 1.29 is 14.3 Å². The average molecular weight is 500 g/mol. The van der Waals surface area contributed by atoms with Crippen LogP contribution in [-0.2, 0) is 11.2 Å². The van der Waals surface area contributed by atoms with E-state index in [1.807, 2.05) is 18.2 Å². The molecule has 3 aliphatic rings. The summed E-state index contributed by atoms with van der Waals surface area (Å²) < 4.78 is 6.75. The molecule has 0 aromatic heterocycles. The molecule has 0 bridgehead atoms. The van der Waals surface area contributed by atoms with Gasteiger partial charge < -0.3 is 4.74 Å². The van der Waals surface area contributed by atoms with E-state index in [1.54, 1.807) is 12.1 Å². The molecule has 0 unspecified atom stereocenters. The number of halogens is 1.